The van der Waals surface area contributed by atoms with E-state index >= 15 is 0 Å². The maximum absolute atomic E-state index is 11.9. The molecular formula is C33H48N4O. The van der Waals surface area contributed by atoms with Gasteiger partial charge in [-0.25, -0.2) is 4.98 Å². The first kappa shape index (κ1) is 25.3. The molecule has 0 unspecified atom stereocenters. The normalized spacial score (nSPS) is 36.4. The van der Waals surface area contributed by atoms with E-state index in [4.69, 9.17) is 4.98 Å². The van der Waals surface area contributed by atoms with Crippen LogP contribution in [0, 0.1) is 11.8 Å². The van der Waals surface area contributed by atoms with Gasteiger partial charge in [-0.3, -0.25) is 14.6 Å². The summed E-state index contributed by atoms with van der Waals surface area (Å²) in [6, 6.07) is 12.2. The highest BCUT2D eigenvalue weighted by atomic mass is 16.1. The molecule has 7 atom stereocenters. The number of fused-ring (bicyclic) bond motifs is 5. The topological polar surface area (TPSA) is 41.4 Å². The van der Waals surface area contributed by atoms with Gasteiger partial charge in [0.2, 0.25) is 0 Å². The van der Waals surface area contributed by atoms with E-state index in [0.717, 1.165) is 48.4 Å². The average molecular weight is 517 g/mol. The van der Waals surface area contributed by atoms with Gasteiger partial charge in [0.25, 0.3) is 0 Å². The van der Waals surface area contributed by atoms with Gasteiger partial charge in [0.05, 0.1) is 17.6 Å². The standard InChI is InChI=1S/C33H48N4O/c1-23(38)22-35-15-7-12-26(35)21-33-34-31-13-4-5-14-32(31)37(33)30-19-27-10-6-11-28(20-30)36(27)29-17-24-8-2-3-9-25(16-24)18-29/h4-5,13-14,24-30H,2-3,6-12,15-22H2,1H3/t24-,25+,26-,27-,28+,29-,30+/m0/s1. The molecule has 5 heteroatoms. The first-order valence-corrected chi connectivity index (χ1v) is 16.1. The van der Waals surface area contributed by atoms with Crippen LogP contribution in [0.5, 0.6) is 0 Å². The number of hydrogen-bond donors (Lipinski definition) is 0. The first-order valence-electron chi connectivity index (χ1n) is 16.1. The molecule has 5 aliphatic rings. The van der Waals surface area contributed by atoms with E-state index in [9.17, 15) is 4.79 Å². The van der Waals surface area contributed by atoms with Gasteiger partial charge in [0, 0.05) is 36.6 Å². The highest BCUT2D eigenvalue weighted by Crippen LogP contribution is 2.47. The molecule has 1 aromatic heterocycles. The van der Waals surface area contributed by atoms with Crippen LogP contribution >= 0.6 is 0 Å². The quantitative estimate of drug-likeness (QED) is 0.437. The van der Waals surface area contributed by atoms with Crippen molar-refractivity contribution < 1.29 is 4.79 Å². The largest absolute Gasteiger partial charge is 0.325 e. The van der Waals surface area contributed by atoms with Crippen molar-refractivity contribution >= 4 is 16.8 Å². The smallest absolute Gasteiger partial charge is 0.143 e. The summed E-state index contributed by atoms with van der Waals surface area (Å²) >= 11 is 0. The fraction of sp³-hybridized carbons (Fsp3) is 0.758. The molecule has 3 aliphatic heterocycles. The number of likely N-dealkylation sites (tertiary alicyclic amines) is 1. The van der Waals surface area contributed by atoms with E-state index in [-0.39, 0.29) is 5.78 Å². The average Bonchev–Trinajstić information content (AvgIpc) is 3.44. The summed E-state index contributed by atoms with van der Waals surface area (Å²) < 4.78 is 2.68. The molecule has 5 fully saturated rings. The van der Waals surface area contributed by atoms with E-state index in [0.29, 0.717) is 18.6 Å². The third-order valence-corrected chi connectivity index (χ3v) is 11.2. The predicted octanol–water partition coefficient (Wildman–Crippen LogP) is 6.55. The number of benzene rings is 1. The lowest BCUT2D eigenvalue weighted by Crippen LogP contribution is -2.58. The molecule has 206 valence electrons. The zero-order valence-corrected chi connectivity index (χ0v) is 23.6. The molecule has 1 aromatic carbocycles. The highest BCUT2D eigenvalue weighted by Gasteiger charge is 2.45. The van der Waals surface area contributed by atoms with Gasteiger partial charge in [0.1, 0.15) is 11.6 Å². The third-order valence-electron chi connectivity index (χ3n) is 11.2. The van der Waals surface area contributed by atoms with Gasteiger partial charge >= 0.3 is 0 Å². The molecule has 0 amide bonds. The van der Waals surface area contributed by atoms with Gasteiger partial charge in [-0.05, 0) is 95.2 Å². The Labute approximate surface area is 229 Å². The van der Waals surface area contributed by atoms with Gasteiger partial charge in [0.15, 0.2) is 0 Å². The number of imidazole rings is 1. The zero-order chi connectivity index (χ0) is 25.6. The molecule has 2 aliphatic carbocycles. The Bertz CT molecular complexity index is 1110. The van der Waals surface area contributed by atoms with Gasteiger partial charge in [-0.2, -0.15) is 0 Å². The zero-order valence-electron chi connectivity index (χ0n) is 23.6. The summed E-state index contributed by atoms with van der Waals surface area (Å²) in [5, 5.41) is 0. The number of rotatable bonds is 6. The minimum atomic E-state index is 0.285. The predicted molar refractivity (Wildman–Crippen MR) is 153 cm³/mol. The van der Waals surface area contributed by atoms with E-state index in [1.165, 1.54) is 101 Å². The van der Waals surface area contributed by atoms with Crippen LogP contribution < -0.4 is 0 Å². The Balaban J connectivity index is 1.16. The molecule has 2 saturated carbocycles. The molecule has 4 bridgehead atoms. The van der Waals surface area contributed by atoms with E-state index in [1.807, 2.05) is 0 Å². The summed E-state index contributed by atoms with van der Waals surface area (Å²) in [6.45, 7) is 3.38. The molecule has 2 aromatic rings. The molecule has 7 rings (SSSR count). The Kier molecular flexibility index (Phi) is 7.11. The van der Waals surface area contributed by atoms with Crippen molar-refractivity contribution in [2.45, 2.75) is 133 Å². The fourth-order valence-electron chi connectivity index (χ4n) is 9.78. The second-order valence-corrected chi connectivity index (χ2v) is 13.7. The SMILES string of the molecule is CC(=O)CN1CCC[C@H]1Cc1nc2ccccc2n1[C@H]1C[C@H]2CCC[C@@H](C1)N2[C@@H]1C[C@@H]2CCCC[C@@H](C2)C1. The summed E-state index contributed by atoms with van der Waals surface area (Å²) in [5.74, 6) is 3.54. The van der Waals surface area contributed by atoms with Crippen LogP contribution in [0.15, 0.2) is 24.3 Å². The number of aromatic nitrogens is 2. The van der Waals surface area contributed by atoms with Gasteiger partial charge in [-0.15, -0.1) is 0 Å². The Morgan fingerprint density at radius 2 is 1.55 bits per heavy atom. The monoisotopic (exact) mass is 516 g/mol. The molecule has 38 heavy (non-hydrogen) atoms. The third kappa shape index (κ3) is 4.87. The molecule has 0 radical (unpaired) electrons. The van der Waals surface area contributed by atoms with Gasteiger partial charge < -0.3 is 4.57 Å². The fourth-order valence-corrected chi connectivity index (χ4v) is 9.78. The van der Waals surface area contributed by atoms with Crippen molar-refractivity contribution in [2.75, 3.05) is 13.1 Å². The molecule has 5 nitrogen and oxygen atoms in total. The van der Waals surface area contributed by atoms with Gasteiger partial charge in [-0.1, -0.05) is 44.2 Å². The lowest BCUT2D eigenvalue weighted by Gasteiger charge is -2.54. The van der Waals surface area contributed by atoms with Crippen LogP contribution in [0.3, 0.4) is 0 Å². The molecule has 0 spiro atoms. The lowest BCUT2D eigenvalue weighted by atomic mass is 9.73. The van der Waals surface area contributed by atoms with E-state index < -0.39 is 0 Å². The molecule has 4 heterocycles. The lowest BCUT2D eigenvalue weighted by molar-refractivity contribution is -0.118. The number of ketones is 1. The van der Waals surface area contributed by atoms with Crippen molar-refractivity contribution in [3.8, 4) is 0 Å². The number of Topliss-reactive ketones (excluding diaryl/α,β-unsaturated/α-hetero) is 1. The second-order valence-electron chi connectivity index (χ2n) is 13.7. The van der Waals surface area contributed by atoms with Crippen LogP contribution in [0.1, 0.15) is 109 Å². The van der Waals surface area contributed by atoms with Crippen molar-refractivity contribution in [1.29, 1.82) is 0 Å². The maximum atomic E-state index is 11.9. The van der Waals surface area contributed by atoms with Crippen LogP contribution in [0.25, 0.3) is 11.0 Å². The van der Waals surface area contributed by atoms with Crippen LogP contribution in [0.2, 0.25) is 0 Å². The maximum Gasteiger partial charge on any atom is 0.143 e. The number of carbonyl (C=O) groups is 1. The second kappa shape index (κ2) is 10.7. The van der Waals surface area contributed by atoms with Crippen LogP contribution in [-0.4, -0.2) is 62.4 Å². The Morgan fingerprint density at radius 1 is 0.816 bits per heavy atom. The number of hydrogen-bond acceptors (Lipinski definition) is 4. The number of carbonyl (C=O) groups excluding carboxylic acids is 1. The summed E-state index contributed by atoms with van der Waals surface area (Å²) in [7, 11) is 0. The van der Waals surface area contributed by atoms with Crippen molar-refractivity contribution in [3.63, 3.8) is 0 Å². The molecule has 3 saturated heterocycles. The summed E-state index contributed by atoms with van der Waals surface area (Å²) in [6.07, 6.45) is 20.5. The van der Waals surface area contributed by atoms with E-state index in [2.05, 4.69) is 38.6 Å². The minimum Gasteiger partial charge on any atom is -0.325 e. The Hall–Kier alpha value is -1.72. The van der Waals surface area contributed by atoms with Crippen LogP contribution in [0.4, 0.5) is 0 Å². The summed E-state index contributed by atoms with van der Waals surface area (Å²) in [4.78, 5) is 22.7. The van der Waals surface area contributed by atoms with Crippen LogP contribution in [-0.2, 0) is 11.2 Å². The Morgan fingerprint density at radius 3 is 2.29 bits per heavy atom. The number of piperidine rings is 2. The number of para-hydroxylation sites is 2. The minimum absolute atomic E-state index is 0.285. The molecule has 0 N–H and O–H groups in total. The molecular weight excluding hydrogens is 468 g/mol. The van der Waals surface area contributed by atoms with Crippen molar-refractivity contribution in [2.24, 2.45) is 11.8 Å². The van der Waals surface area contributed by atoms with Crippen molar-refractivity contribution in [1.82, 2.24) is 19.4 Å². The van der Waals surface area contributed by atoms with Crippen molar-refractivity contribution in [3.05, 3.63) is 30.1 Å². The van der Waals surface area contributed by atoms with E-state index in [1.54, 1.807) is 6.92 Å². The first-order chi connectivity index (χ1) is 18.6. The summed E-state index contributed by atoms with van der Waals surface area (Å²) in [5.41, 5.74) is 2.49. The number of nitrogens with zero attached hydrogens (tertiary/aromatic N) is 4. The highest BCUT2D eigenvalue weighted by molar-refractivity contribution is 5.78.